The van der Waals surface area contributed by atoms with Crippen molar-refractivity contribution in [1.82, 2.24) is 14.1 Å². The highest BCUT2D eigenvalue weighted by molar-refractivity contribution is 7.71. The van der Waals surface area contributed by atoms with Crippen molar-refractivity contribution < 1.29 is 19.0 Å². The highest BCUT2D eigenvalue weighted by Crippen LogP contribution is 2.24. The molecule has 10 heteroatoms. The first kappa shape index (κ1) is 17.3. The number of nitrogens with zero attached hydrogens (tertiary/aromatic N) is 2. The smallest absolute Gasteiger partial charge is 0.328 e. The largest absolute Gasteiger partial charge is 0.377 e. The molecule has 0 atom stereocenters. The first-order valence-corrected chi connectivity index (χ1v) is 8.22. The summed E-state index contributed by atoms with van der Waals surface area (Å²) in [5.74, 6) is 0. The maximum Gasteiger partial charge on any atom is 0.328 e. The number of hydrogen-bond acceptors (Lipinski definition) is 6. The van der Waals surface area contributed by atoms with E-state index in [-0.39, 0.29) is 23.2 Å². The van der Waals surface area contributed by atoms with Gasteiger partial charge in [0.1, 0.15) is 12.2 Å². The number of aromatic amines is 1. The molecule has 2 rings (SSSR count). The minimum Gasteiger partial charge on any atom is -0.377 e. The van der Waals surface area contributed by atoms with Crippen molar-refractivity contribution in [3.8, 4) is 0 Å². The maximum atomic E-state index is 12.3. The van der Waals surface area contributed by atoms with Crippen molar-refractivity contribution in [3.05, 3.63) is 27.4 Å². The topological polar surface area (TPSA) is 102 Å². The zero-order valence-corrected chi connectivity index (χ0v) is 13.9. The van der Waals surface area contributed by atoms with Crippen molar-refractivity contribution in [2.24, 2.45) is 0 Å². The Labute approximate surface area is 132 Å². The van der Waals surface area contributed by atoms with Gasteiger partial charge in [-0.15, -0.1) is 0 Å². The molecule has 0 aliphatic heterocycles. The van der Waals surface area contributed by atoms with Crippen LogP contribution in [0, 0.1) is 4.77 Å². The summed E-state index contributed by atoms with van der Waals surface area (Å²) in [6.45, 7) is 4.46. The molecule has 0 fully saturated rings. The summed E-state index contributed by atoms with van der Waals surface area (Å²) in [4.78, 5) is 32.9. The predicted molar refractivity (Wildman–Crippen MR) is 84.9 cm³/mol. The Balaban J connectivity index is 2.43. The van der Waals surface area contributed by atoms with Crippen LogP contribution in [0.2, 0.25) is 0 Å². The third-order valence-corrected chi connectivity index (χ3v) is 3.79. The molecule has 0 bridgehead atoms. The van der Waals surface area contributed by atoms with E-state index >= 15 is 0 Å². The van der Waals surface area contributed by atoms with E-state index < -0.39 is 8.60 Å². The summed E-state index contributed by atoms with van der Waals surface area (Å²) in [6.07, 6.45) is 1.74. The summed E-state index contributed by atoms with van der Waals surface area (Å²) in [5, 5.41) is 0. The number of hydrogen-bond donors (Lipinski definition) is 3. The lowest BCUT2D eigenvalue weighted by atomic mass is 10.4. The zero-order valence-electron chi connectivity index (χ0n) is 12.2. The van der Waals surface area contributed by atoms with E-state index in [4.69, 9.17) is 31.3 Å². The van der Waals surface area contributed by atoms with Crippen LogP contribution in [0.5, 0.6) is 0 Å². The maximum absolute atomic E-state index is 12.3. The van der Waals surface area contributed by atoms with Gasteiger partial charge in [-0.25, -0.2) is 0 Å². The van der Waals surface area contributed by atoms with E-state index in [2.05, 4.69) is 4.98 Å². The Morgan fingerprint density at radius 1 is 1.41 bits per heavy atom. The second kappa shape index (κ2) is 7.45. The fraction of sp³-hybridized carbons (Fsp3) is 0.500. The molecule has 2 heterocycles. The average Bonchev–Trinajstić information content (AvgIpc) is 2.91. The fourth-order valence-electron chi connectivity index (χ4n) is 2.05. The lowest BCUT2D eigenvalue weighted by molar-refractivity contribution is 0.0724. The van der Waals surface area contributed by atoms with E-state index in [9.17, 15) is 4.79 Å². The molecule has 0 saturated carbocycles. The monoisotopic (exact) mass is 347 g/mol. The highest BCUT2D eigenvalue weighted by Gasteiger charge is 2.13. The molecule has 2 aromatic rings. The molecule has 0 spiro atoms. The third-order valence-electron chi connectivity index (χ3n) is 3.01. The van der Waals surface area contributed by atoms with Crippen molar-refractivity contribution in [2.75, 3.05) is 6.61 Å². The van der Waals surface area contributed by atoms with Gasteiger partial charge < -0.3 is 24.1 Å². The third kappa shape index (κ3) is 3.81. The number of rotatable bonds is 7. The van der Waals surface area contributed by atoms with Gasteiger partial charge in [0.15, 0.2) is 4.77 Å². The summed E-state index contributed by atoms with van der Waals surface area (Å²) in [5.41, 5.74) is 0.679. The number of aromatic nitrogens is 3. The average molecular weight is 347 g/mol. The van der Waals surface area contributed by atoms with Crippen molar-refractivity contribution in [2.45, 2.75) is 33.2 Å². The van der Waals surface area contributed by atoms with Crippen LogP contribution in [0.1, 0.15) is 13.8 Å². The summed E-state index contributed by atoms with van der Waals surface area (Å²) < 4.78 is 13.4. The SMILES string of the molecule is CC(C)OCCn1c(=S)n(COP(O)O)c(=O)c2[nH]ccc21. The second-order valence-electron chi connectivity index (χ2n) is 4.84. The number of H-pyrrole nitrogens is 1. The molecule has 3 N–H and O–H groups in total. The fourth-order valence-corrected chi connectivity index (χ4v) is 2.59. The second-order valence-corrected chi connectivity index (χ2v) is 5.96. The molecule has 122 valence electrons. The minimum absolute atomic E-state index is 0.0949. The van der Waals surface area contributed by atoms with Crippen molar-refractivity contribution in [1.29, 1.82) is 0 Å². The molecule has 0 aliphatic carbocycles. The lowest BCUT2D eigenvalue weighted by Gasteiger charge is -2.15. The summed E-state index contributed by atoms with van der Waals surface area (Å²) in [6, 6.07) is 1.76. The molecule has 0 aliphatic rings. The van der Waals surface area contributed by atoms with Crippen molar-refractivity contribution in [3.63, 3.8) is 0 Å². The molecule has 2 aromatic heterocycles. The Kier molecular flexibility index (Phi) is 5.85. The zero-order chi connectivity index (χ0) is 16.3. The van der Waals surface area contributed by atoms with Crippen LogP contribution in [0.3, 0.4) is 0 Å². The molecule has 22 heavy (non-hydrogen) atoms. The quantitative estimate of drug-likeness (QED) is 0.518. The van der Waals surface area contributed by atoms with Gasteiger partial charge in [-0.3, -0.25) is 13.9 Å². The number of nitrogens with one attached hydrogen (secondary N) is 1. The van der Waals surface area contributed by atoms with Crippen LogP contribution in [0.25, 0.3) is 11.0 Å². The normalized spacial score (nSPS) is 11.9. The van der Waals surface area contributed by atoms with Crippen LogP contribution in [0.15, 0.2) is 17.1 Å². The van der Waals surface area contributed by atoms with E-state index in [1.165, 1.54) is 4.57 Å². The Morgan fingerprint density at radius 3 is 2.77 bits per heavy atom. The highest BCUT2D eigenvalue weighted by atomic mass is 32.1. The molecule has 0 aromatic carbocycles. The van der Waals surface area contributed by atoms with Gasteiger partial charge in [-0.05, 0) is 32.1 Å². The van der Waals surface area contributed by atoms with Crippen LogP contribution >= 0.6 is 20.8 Å². The Morgan fingerprint density at radius 2 is 2.14 bits per heavy atom. The van der Waals surface area contributed by atoms with Crippen LogP contribution in [-0.2, 0) is 22.5 Å². The first-order valence-electron chi connectivity index (χ1n) is 6.65. The molecule has 0 saturated heterocycles. The number of ether oxygens (including phenoxy) is 1. The molecule has 0 radical (unpaired) electrons. The van der Waals surface area contributed by atoms with Gasteiger partial charge in [-0.2, -0.15) is 0 Å². The predicted octanol–water partition coefficient (Wildman–Crippen LogP) is 1.47. The van der Waals surface area contributed by atoms with Crippen LogP contribution in [0.4, 0.5) is 0 Å². The van der Waals surface area contributed by atoms with Crippen molar-refractivity contribution >= 4 is 31.9 Å². The van der Waals surface area contributed by atoms with Gasteiger partial charge in [0.2, 0.25) is 0 Å². The lowest BCUT2D eigenvalue weighted by Crippen LogP contribution is -2.27. The molecular weight excluding hydrogens is 329 g/mol. The van der Waals surface area contributed by atoms with E-state index in [1.807, 2.05) is 13.8 Å². The summed E-state index contributed by atoms with van der Waals surface area (Å²) in [7, 11) is -2.56. The van der Waals surface area contributed by atoms with Gasteiger partial charge in [-0.1, -0.05) is 0 Å². The van der Waals surface area contributed by atoms with Gasteiger partial charge in [0.25, 0.3) is 5.56 Å². The number of fused-ring (bicyclic) bond motifs is 1. The van der Waals surface area contributed by atoms with Crippen LogP contribution in [-0.4, -0.2) is 36.6 Å². The molecule has 0 unspecified atom stereocenters. The van der Waals surface area contributed by atoms with E-state index in [0.29, 0.717) is 24.2 Å². The van der Waals surface area contributed by atoms with Gasteiger partial charge in [0.05, 0.1) is 18.2 Å². The molecule has 8 nitrogen and oxygen atoms in total. The van der Waals surface area contributed by atoms with Gasteiger partial charge in [0, 0.05) is 12.7 Å². The minimum atomic E-state index is -2.56. The van der Waals surface area contributed by atoms with Gasteiger partial charge >= 0.3 is 8.60 Å². The Bertz CT molecular complexity index is 751. The standard InChI is InChI=1S/C12H18N3O5PS/c1-8(2)19-6-5-14-9-3-4-13-10(9)11(16)15(12(14)22)7-20-21(17)18/h3-4,8,13,17-18H,5-7H2,1-2H3. The van der Waals surface area contributed by atoms with E-state index in [0.717, 1.165) is 0 Å². The first-order chi connectivity index (χ1) is 10.4. The molecular formula is C12H18N3O5PS. The Hall–Kier alpha value is -1.09. The summed E-state index contributed by atoms with van der Waals surface area (Å²) >= 11 is 5.32. The molecule has 0 amide bonds. The van der Waals surface area contributed by atoms with E-state index in [1.54, 1.807) is 16.8 Å². The van der Waals surface area contributed by atoms with Crippen LogP contribution < -0.4 is 5.56 Å².